The van der Waals surface area contributed by atoms with Gasteiger partial charge in [0.05, 0.1) is 6.54 Å². The van der Waals surface area contributed by atoms with Gasteiger partial charge in [-0.25, -0.2) is 0 Å². The van der Waals surface area contributed by atoms with Crippen LogP contribution in [0.1, 0.15) is 32.1 Å². The van der Waals surface area contributed by atoms with Crippen LogP contribution in [0.3, 0.4) is 0 Å². The predicted octanol–water partition coefficient (Wildman–Crippen LogP) is 0.572. The number of carbonyl (C=O) groups excluding carboxylic acids is 1. The highest BCUT2D eigenvalue weighted by atomic mass is 16.2. The smallest absolute Gasteiger partial charge is 0.241 e. The highest BCUT2D eigenvalue weighted by molar-refractivity contribution is 5.86. The number of carbonyl (C=O) groups is 1. The van der Waals surface area contributed by atoms with Gasteiger partial charge in [0.1, 0.15) is 0 Å². The summed E-state index contributed by atoms with van der Waals surface area (Å²) in [7, 11) is 5.38. The lowest BCUT2D eigenvalue weighted by Gasteiger charge is -2.31. The van der Waals surface area contributed by atoms with Crippen LogP contribution < -0.4 is 10.6 Å². The molecule has 0 aromatic carbocycles. The molecule has 0 heterocycles. The minimum absolute atomic E-state index is 0.133. The largest absolute Gasteiger partial charge is 0.359 e. The fourth-order valence-electron chi connectivity index (χ4n) is 2.24. The average molecular weight is 240 g/mol. The molecule has 0 aromatic rings. The van der Waals surface area contributed by atoms with Crippen molar-refractivity contribution in [1.29, 1.82) is 0 Å². The summed E-state index contributed by atoms with van der Waals surface area (Å²) >= 11 is 0. The van der Waals surface area contributed by atoms with E-state index >= 15 is 0 Å². The summed E-state index contributed by atoms with van der Waals surface area (Å²) in [6.07, 6.45) is 6.08. The average Bonchev–Trinajstić information content (AvgIpc) is 2.39. The van der Waals surface area contributed by atoms with Gasteiger partial charge in [0.2, 0.25) is 5.91 Å². The molecule has 0 unspecified atom stereocenters. The zero-order valence-electron chi connectivity index (χ0n) is 11.1. The van der Waals surface area contributed by atoms with Crippen LogP contribution in [-0.4, -0.2) is 50.5 Å². The minimum Gasteiger partial charge on any atom is -0.359 e. The molecule has 0 radical (unpaired) electrons. The maximum Gasteiger partial charge on any atom is 0.241 e. The molecule has 0 atom stereocenters. The van der Waals surface area contributed by atoms with E-state index < -0.39 is 0 Å². The summed E-state index contributed by atoms with van der Waals surface area (Å²) in [6.45, 7) is 0.306. The van der Waals surface area contributed by atoms with Crippen molar-refractivity contribution in [2.24, 2.45) is 4.99 Å². The second kappa shape index (κ2) is 7.14. The maximum absolute atomic E-state index is 12.0. The molecule has 17 heavy (non-hydrogen) atoms. The molecule has 98 valence electrons. The first-order chi connectivity index (χ1) is 8.19. The normalized spacial score (nSPS) is 17.7. The molecule has 1 rings (SSSR count). The van der Waals surface area contributed by atoms with Crippen molar-refractivity contribution >= 4 is 11.9 Å². The number of nitrogens with one attached hydrogen (secondary N) is 2. The Balaban J connectivity index is 2.35. The fourth-order valence-corrected chi connectivity index (χ4v) is 2.24. The third-order valence-electron chi connectivity index (χ3n) is 3.38. The van der Waals surface area contributed by atoms with Crippen molar-refractivity contribution in [3.63, 3.8) is 0 Å². The second-order valence-electron chi connectivity index (χ2n) is 4.47. The Bertz CT molecular complexity index is 272. The molecule has 1 saturated carbocycles. The summed E-state index contributed by atoms with van der Waals surface area (Å²) in [4.78, 5) is 17.8. The predicted molar refractivity (Wildman–Crippen MR) is 70.1 cm³/mol. The summed E-state index contributed by atoms with van der Waals surface area (Å²) in [5, 5.41) is 5.88. The number of nitrogens with zero attached hydrogens (tertiary/aromatic N) is 2. The summed E-state index contributed by atoms with van der Waals surface area (Å²) in [5.74, 6) is 0.781. The van der Waals surface area contributed by atoms with Crippen LogP contribution in [0.15, 0.2) is 4.99 Å². The molecule has 1 aliphatic rings. The van der Waals surface area contributed by atoms with Crippen molar-refractivity contribution in [3.05, 3.63) is 0 Å². The van der Waals surface area contributed by atoms with Gasteiger partial charge in [-0.15, -0.1) is 0 Å². The first kappa shape index (κ1) is 13.8. The van der Waals surface area contributed by atoms with E-state index in [4.69, 9.17) is 0 Å². The minimum atomic E-state index is 0.133. The number of likely N-dealkylation sites (N-methyl/N-ethyl adjacent to an activating group) is 1. The van der Waals surface area contributed by atoms with E-state index in [-0.39, 0.29) is 5.91 Å². The van der Waals surface area contributed by atoms with Crippen molar-refractivity contribution in [2.45, 2.75) is 38.1 Å². The molecule has 1 fully saturated rings. The van der Waals surface area contributed by atoms with Crippen LogP contribution >= 0.6 is 0 Å². The van der Waals surface area contributed by atoms with Crippen LogP contribution in [0.25, 0.3) is 0 Å². The van der Waals surface area contributed by atoms with E-state index in [9.17, 15) is 4.79 Å². The molecule has 2 N–H and O–H groups in total. The lowest BCUT2D eigenvalue weighted by atomic mass is 9.94. The summed E-state index contributed by atoms with van der Waals surface area (Å²) in [6, 6.07) is 0.426. The lowest BCUT2D eigenvalue weighted by molar-refractivity contribution is -0.131. The molecule has 1 aliphatic carbocycles. The molecular weight excluding hydrogens is 216 g/mol. The topological polar surface area (TPSA) is 56.7 Å². The Morgan fingerprint density at radius 1 is 1.35 bits per heavy atom. The number of amides is 1. The number of hydrogen-bond donors (Lipinski definition) is 2. The van der Waals surface area contributed by atoms with Crippen LogP contribution in [-0.2, 0) is 4.79 Å². The Kier molecular flexibility index (Phi) is 5.80. The standard InChI is InChI=1S/C12H24N4O/c1-13-12(14-2)15-9-11(17)16(3)10-7-5-4-6-8-10/h10H,4-9H2,1-3H3,(H2,13,14,15). The SMILES string of the molecule is CN=C(NC)NCC(=O)N(C)C1CCCCC1. The number of guanidine groups is 1. The quantitative estimate of drug-likeness (QED) is 0.560. The number of hydrogen-bond acceptors (Lipinski definition) is 2. The Hall–Kier alpha value is -1.26. The van der Waals surface area contributed by atoms with Crippen molar-refractivity contribution in [3.8, 4) is 0 Å². The van der Waals surface area contributed by atoms with Gasteiger partial charge in [-0.1, -0.05) is 19.3 Å². The van der Waals surface area contributed by atoms with Crippen LogP contribution in [0.2, 0.25) is 0 Å². The van der Waals surface area contributed by atoms with Crippen LogP contribution in [0.5, 0.6) is 0 Å². The van der Waals surface area contributed by atoms with Crippen molar-refractivity contribution < 1.29 is 4.79 Å². The van der Waals surface area contributed by atoms with Crippen LogP contribution in [0, 0.1) is 0 Å². The van der Waals surface area contributed by atoms with E-state index in [1.54, 1.807) is 14.1 Å². The van der Waals surface area contributed by atoms with E-state index in [1.807, 2.05) is 11.9 Å². The van der Waals surface area contributed by atoms with Crippen molar-refractivity contribution in [2.75, 3.05) is 27.7 Å². The summed E-state index contributed by atoms with van der Waals surface area (Å²) in [5.41, 5.74) is 0. The third kappa shape index (κ3) is 4.24. The van der Waals surface area contributed by atoms with E-state index in [0.717, 1.165) is 12.8 Å². The van der Waals surface area contributed by atoms with E-state index in [0.29, 0.717) is 18.5 Å². The Labute approximate surface area is 104 Å². The molecule has 0 saturated heterocycles. The summed E-state index contributed by atoms with van der Waals surface area (Å²) < 4.78 is 0. The van der Waals surface area contributed by atoms with Gasteiger partial charge in [0.25, 0.3) is 0 Å². The zero-order valence-corrected chi connectivity index (χ0v) is 11.1. The van der Waals surface area contributed by atoms with Gasteiger partial charge in [-0.05, 0) is 12.8 Å². The third-order valence-corrected chi connectivity index (χ3v) is 3.38. The zero-order chi connectivity index (χ0) is 12.7. The van der Waals surface area contributed by atoms with Crippen molar-refractivity contribution in [1.82, 2.24) is 15.5 Å². The first-order valence-electron chi connectivity index (χ1n) is 6.33. The number of rotatable bonds is 3. The monoisotopic (exact) mass is 240 g/mol. The Morgan fingerprint density at radius 3 is 2.53 bits per heavy atom. The highest BCUT2D eigenvalue weighted by Crippen LogP contribution is 2.21. The molecule has 0 spiro atoms. The van der Waals surface area contributed by atoms with Gasteiger partial charge >= 0.3 is 0 Å². The molecular formula is C12H24N4O. The van der Waals surface area contributed by atoms with E-state index in [1.165, 1.54) is 19.3 Å². The second-order valence-corrected chi connectivity index (χ2v) is 4.47. The maximum atomic E-state index is 12.0. The molecule has 0 aliphatic heterocycles. The highest BCUT2D eigenvalue weighted by Gasteiger charge is 2.21. The number of aliphatic imine (C=N–C) groups is 1. The van der Waals surface area contributed by atoms with Gasteiger partial charge < -0.3 is 15.5 Å². The van der Waals surface area contributed by atoms with Gasteiger partial charge in [-0.3, -0.25) is 9.79 Å². The van der Waals surface area contributed by atoms with Gasteiger partial charge in [0, 0.05) is 27.2 Å². The molecule has 5 heteroatoms. The van der Waals surface area contributed by atoms with Gasteiger partial charge in [-0.2, -0.15) is 0 Å². The molecule has 1 amide bonds. The van der Waals surface area contributed by atoms with Crippen LogP contribution in [0.4, 0.5) is 0 Å². The van der Waals surface area contributed by atoms with Gasteiger partial charge in [0.15, 0.2) is 5.96 Å². The lowest BCUT2D eigenvalue weighted by Crippen LogP contribution is -2.46. The first-order valence-corrected chi connectivity index (χ1v) is 6.33. The Morgan fingerprint density at radius 2 is 2.00 bits per heavy atom. The molecule has 0 bridgehead atoms. The molecule has 5 nitrogen and oxygen atoms in total. The van der Waals surface area contributed by atoms with E-state index in [2.05, 4.69) is 15.6 Å². The molecule has 0 aromatic heterocycles. The fraction of sp³-hybridized carbons (Fsp3) is 0.833.